The Morgan fingerprint density at radius 2 is 2.06 bits per heavy atom. The summed E-state index contributed by atoms with van der Waals surface area (Å²) in [6, 6.07) is 7.59. The van der Waals surface area contributed by atoms with Crippen molar-refractivity contribution in [2.75, 3.05) is 0 Å². The Balaban J connectivity index is 2.02. The van der Waals surface area contributed by atoms with Crippen LogP contribution < -0.4 is 5.32 Å². The molecule has 4 nitrogen and oxygen atoms in total. The SMILES string of the molecule is O=C1NC(=S)S/C1=C/c1cnc2ccccc2n1. The van der Waals surface area contributed by atoms with Gasteiger partial charge in [-0.05, 0) is 18.2 Å². The fourth-order valence-electron chi connectivity index (χ4n) is 1.60. The van der Waals surface area contributed by atoms with Gasteiger partial charge in [-0.3, -0.25) is 9.78 Å². The van der Waals surface area contributed by atoms with Gasteiger partial charge in [-0.15, -0.1) is 0 Å². The number of amides is 1. The molecule has 1 amide bonds. The predicted octanol–water partition coefficient (Wildman–Crippen LogP) is 2.12. The molecular formula is C12H7N3OS2. The number of nitrogens with zero attached hydrogens (tertiary/aromatic N) is 2. The predicted molar refractivity (Wildman–Crippen MR) is 75.8 cm³/mol. The number of aromatic nitrogens is 2. The normalized spacial score (nSPS) is 17.4. The minimum absolute atomic E-state index is 0.181. The Labute approximate surface area is 113 Å². The minimum atomic E-state index is -0.181. The summed E-state index contributed by atoms with van der Waals surface area (Å²) >= 11 is 6.16. The molecular weight excluding hydrogens is 266 g/mol. The van der Waals surface area contributed by atoms with E-state index >= 15 is 0 Å². The van der Waals surface area contributed by atoms with Crippen LogP contribution >= 0.6 is 24.0 Å². The first-order valence-electron chi connectivity index (χ1n) is 5.19. The summed E-state index contributed by atoms with van der Waals surface area (Å²) in [6.07, 6.45) is 3.34. The Hall–Kier alpha value is -1.79. The van der Waals surface area contributed by atoms with Crippen LogP contribution in [-0.2, 0) is 4.79 Å². The molecule has 2 aromatic rings. The molecule has 0 atom stereocenters. The van der Waals surface area contributed by atoms with Gasteiger partial charge in [0.1, 0.15) is 4.32 Å². The molecule has 1 aliphatic heterocycles. The molecule has 0 unspecified atom stereocenters. The highest BCUT2D eigenvalue weighted by Gasteiger charge is 2.22. The maximum atomic E-state index is 11.5. The van der Waals surface area contributed by atoms with Crippen LogP contribution in [0.1, 0.15) is 5.69 Å². The molecule has 0 bridgehead atoms. The summed E-state index contributed by atoms with van der Waals surface area (Å²) in [6.45, 7) is 0. The Kier molecular flexibility index (Phi) is 2.81. The Bertz CT molecular complexity index is 697. The summed E-state index contributed by atoms with van der Waals surface area (Å²) < 4.78 is 0.472. The van der Waals surface area contributed by atoms with Gasteiger partial charge < -0.3 is 5.32 Å². The van der Waals surface area contributed by atoms with Crippen LogP contribution in [0.4, 0.5) is 0 Å². The molecule has 1 saturated heterocycles. The molecule has 1 aromatic heterocycles. The molecule has 88 valence electrons. The van der Waals surface area contributed by atoms with Crippen molar-refractivity contribution in [3.05, 3.63) is 41.1 Å². The van der Waals surface area contributed by atoms with E-state index in [0.29, 0.717) is 14.9 Å². The van der Waals surface area contributed by atoms with Crippen molar-refractivity contribution < 1.29 is 4.79 Å². The van der Waals surface area contributed by atoms with Gasteiger partial charge in [0.05, 0.1) is 27.8 Å². The molecule has 1 aliphatic rings. The van der Waals surface area contributed by atoms with Crippen LogP contribution in [0, 0.1) is 0 Å². The van der Waals surface area contributed by atoms with E-state index in [0.717, 1.165) is 11.0 Å². The average Bonchev–Trinajstić information content (AvgIpc) is 2.68. The third-order valence-electron chi connectivity index (χ3n) is 2.39. The van der Waals surface area contributed by atoms with E-state index in [1.165, 1.54) is 11.8 Å². The third kappa shape index (κ3) is 2.12. The van der Waals surface area contributed by atoms with Crippen molar-refractivity contribution in [1.82, 2.24) is 15.3 Å². The Morgan fingerprint density at radius 3 is 2.78 bits per heavy atom. The first-order chi connectivity index (χ1) is 8.72. The van der Waals surface area contributed by atoms with Crippen molar-refractivity contribution >= 4 is 51.3 Å². The van der Waals surface area contributed by atoms with E-state index < -0.39 is 0 Å². The molecule has 1 aromatic carbocycles. The van der Waals surface area contributed by atoms with Gasteiger partial charge in [0.15, 0.2) is 0 Å². The summed E-state index contributed by atoms with van der Waals surface area (Å²) in [5, 5.41) is 2.56. The second-order valence-corrected chi connectivity index (χ2v) is 5.35. The number of carbonyl (C=O) groups is 1. The lowest BCUT2D eigenvalue weighted by Crippen LogP contribution is -2.17. The molecule has 18 heavy (non-hydrogen) atoms. The van der Waals surface area contributed by atoms with Gasteiger partial charge in [0.25, 0.3) is 5.91 Å². The number of nitrogens with one attached hydrogen (secondary N) is 1. The average molecular weight is 273 g/mol. The monoisotopic (exact) mass is 273 g/mol. The standard InChI is InChI=1S/C12H7N3OS2/c16-11-10(18-12(17)15-11)5-7-6-13-8-3-1-2-4-9(8)14-7/h1-6H,(H,15,16,17)/b10-5+. The summed E-state index contributed by atoms with van der Waals surface area (Å²) in [4.78, 5) is 20.8. The van der Waals surface area contributed by atoms with E-state index in [4.69, 9.17) is 12.2 Å². The lowest BCUT2D eigenvalue weighted by atomic mass is 10.3. The Morgan fingerprint density at radius 1 is 1.28 bits per heavy atom. The zero-order valence-electron chi connectivity index (χ0n) is 9.08. The van der Waals surface area contributed by atoms with Crippen LogP contribution in [0.15, 0.2) is 35.4 Å². The van der Waals surface area contributed by atoms with Crippen LogP contribution in [0.2, 0.25) is 0 Å². The smallest absolute Gasteiger partial charge is 0.263 e. The lowest BCUT2D eigenvalue weighted by Gasteiger charge is -1.98. The number of thiocarbonyl (C=S) groups is 1. The first kappa shape index (κ1) is 11.3. The number of thioether (sulfide) groups is 1. The van der Waals surface area contributed by atoms with Crippen molar-refractivity contribution in [3.8, 4) is 0 Å². The second-order valence-electron chi connectivity index (χ2n) is 3.64. The van der Waals surface area contributed by atoms with Gasteiger partial charge in [0.2, 0.25) is 0 Å². The summed E-state index contributed by atoms with van der Waals surface area (Å²) in [7, 11) is 0. The number of fused-ring (bicyclic) bond motifs is 1. The topological polar surface area (TPSA) is 54.9 Å². The van der Waals surface area contributed by atoms with E-state index in [2.05, 4.69) is 15.3 Å². The van der Waals surface area contributed by atoms with Crippen LogP contribution in [0.3, 0.4) is 0 Å². The number of carbonyl (C=O) groups excluding carboxylic acids is 1. The highest BCUT2D eigenvalue weighted by molar-refractivity contribution is 8.26. The summed E-state index contributed by atoms with van der Waals surface area (Å²) in [5.41, 5.74) is 2.28. The van der Waals surface area contributed by atoms with Gasteiger partial charge in [-0.2, -0.15) is 0 Å². The second kappa shape index (κ2) is 4.47. The van der Waals surface area contributed by atoms with Crippen molar-refractivity contribution in [3.63, 3.8) is 0 Å². The molecule has 0 spiro atoms. The van der Waals surface area contributed by atoms with E-state index in [9.17, 15) is 4.79 Å². The minimum Gasteiger partial charge on any atom is -0.307 e. The largest absolute Gasteiger partial charge is 0.307 e. The molecule has 1 N–H and O–H groups in total. The van der Waals surface area contributed by atoms with Crippen molar-refractivity contribution in [2.24, 2.45) is 0 Å². The zero-order valence-corrected chi connectivity index (χ0v) is 10.7. The van der Waals surface area contributed by atoms with Gasteiger partial charge in [-0.1, -0.05) is 36.1 Å². The molecule has 3 rings (SSSR count). The maximum absolute atomic E-state index is 11.5. The number of hydrogen-bond acceptors (Lipinski definition) is 5. The van der Waals surface area contributed by atoms with Crippen LogP contribution in [-0.4, -0.2) is 20.2 Å². The fourth-order valence-corrected chi connectivity index (χ4v) is 2.63. The number of para-hydroxylation sites is 2. The quantitative estimate of drug-likeness (QED) is 0.637. The molecule has 0 radical (unpaired) electrons. The van der Waals surface area contributed by atoms with Crippen LogP contribution in [0.5, 0.6) is 0 Å². The first-order valence-corrected chi connectivity index (χ1v) is 6.41. The summed E-state index contributed by atoms with van der Waals surface area (Å²) in [5.74, 6) is -0.181. The molecule has 2 heterocycles. The van der Waals surface area contributed by atoms with Crippen molar-refractivity contribution in [2.45, 2.75) is 0 Å². The van der Waals surface area contributed by atoms with E-state index in [1.807, 2.05) is 24.3 Å². The highest BCUT2D eigenvalue weighted by atomic mass is 32.2. The van der Waals surface area contributed by atoms with Crippen molar-refractivity contribution in [1.29, 1.82) is 0 Å². The molecule has 6 heteroatoms. The lowest BCUT2D eigenvalue weighted by molar-refractivity contribution is -0.115. The zero-order chi connectivity index (χ0) is 12.5. The maximum Gasteiger partial charge on any atom is 0.263 e. The fraction of sp³-hybridized carbons (Fsp3) is 0. The third-order valence-corrected chi connectivity index (χ3v) is 3.55. The van der Waals surface area contributed by atoms with Gasteiger partial charge in [0, 0.05) is 0 Å². The van der Waals surface area contributed by atoms with E-state index in [-0.39, 0.29) is 5.91 Å². The highest BCUT2D eigenvalue weighted by Crippen LogP contribution is 2.25. The van der Waals surface area contributed by atoms with Gasteiger partial charge >= 0.3 is 0 Å². The molecule has 1 fully saturated rings. The number of benzene rings is 1. The van der Waals surface area contributed by atoms with E-state index in [1.54, 1.807) is 12.3 Å². The molecule has 0 saturated carbocycles. The van der Waals surface area contributed by atoms with Crippen LogP contribution in [0.25, 0.3) is 17.1 Å². The number of hydrogen-bond donors (Lipinski definition) is 1. The van der Waals surface area contributed by atoms with Gasteiger partial charge in [-0.25, -0.2) is 4.98 Å². The molecule has 0 aliphatic carbocycles. The number of rotatable bonds is 1.